The van der Waals surface area contributed by atoms with Gasteiger partial charge in [0.25, 0.3) is 5.91 Å². The minimum Gasteiger partial charge on any atom is -0.497 e. The van der Waals surface area contributed by atoms with E-state index in [-0.39, 0.29) is 25.3 Å². The lowest BCUT2D eigenvalue weighted by Crippen LogP contribution is -2.63. The molecule has 5 atom stereocenters. The highest BCUT2D eigenvalue weighted by Gasteiger charge is 2.64. The average molecular weight is 818 g/mol. The number of ether oxygens (including phenoxy) is 2. The number of allylic oxidation sites excluding steroid dienone is 1. The number of amides is 4. The number of aryl methyl sites for hydroxylation is 1. The van der Waals surface area contributed by atoms with Gasteiger partial charge in [0.2, 0.25) is 21.8 Å². The Labute approximate surface area is 339 Å². The maximum Gasteiger partial charge on any atom is 0.408 e. The van der Waals surface area contributed by atoms with E-state index in [0.29, 0.717) is 69.3 Å². The van der Waals surface area contributed by atoms with Crippen molar-refractivity contribution in [2.75, 3.05) is 13.7 Å². The first kappa shape index (κ1) is 39.1. The Morgan fingerprint density at radius 1 is 1.03 bits per heavy atom. The SMILES string of the molecule is COc1ccc2nc(C3CC3)c3c(c2c1)CC[C@]1(C[C@H]2C(=O)N[C@]4(C(=O)NS(=O)(=O)C5(C)CC5)C[C@H]4/C=C\CCCCC[C@H](N(C(=O)O)C4(C)CCC4)C(=O)N2C1)O3. The van der Waals surface area contributed by atoms with Crippen molar-refractivity contribution in [3.63, 3.8) is 0 Å². The summed E-state index contributed by atoms with van der Waals surface area (Å²) in [6.07, 6.45) is 12.2. The molecule has 0 bridgehead atoms. The van der Waals surface area contributed by atoms with Gasteiger partial charge < -0.3 is 24.8 Å². The third kappa shape index (κ3) is 6.59. The van der Waals surface area contributed by atoms with Crippen LogP contribution in [0.4, 0.5) is 4.79 Å². The summed E-state index contributed by atoms with van der Waals surface area (Å²) in [6, 6.07) is 3.68. The van der Waals surface area contributed by atoms with Crippen molar-refractivity contribution >= 4 is 44.7 Å². The monoisotopic (exact) mass is 817 g/mol. The van der Waals surface area contributed by atoms with Gasteiger partial charge in [-0.25, -0.2) is 18.2 Å². The van der Waals surface area contributed by atoms with Crippen LogP contribution in [0.2, 0.25) is 0 Å². The van der Waals surface area contributed by atoms with Gasteiger partial charge >= 0.3 is 6.09 Å². The van der Waals surface area contributed by atoms with Gasteiger partial charge in [-0.3, -0.25) is 24.0 Å². The highest BCUT2D eigenvalue weighted by molar-refractivity contribution is 7.91. The second-order valence-electron chi connectivity index (χ2n) is 18.7. The number of hydrogen-bond donors (Lipinski definition) is 3. The number of hydrogen-bond acceptors (Lipinski definition) is 9. The van der Waals surface area contributed by atoms with Gasteiger partial charge in [0.15, 0.2) is 0 Å². The van der Waals surface area contributed by atoms with E-state index < -0.39 is 73.3 Å². The number of sulfonamides is 1. The smallest absolute Gasteiger partial charge is 0.408 e. The fraction of sp³-hybridized carbons (Fsp3) is 0.651. The second-order valence-corrected chi connectivity index (χ2v) is 20.9. The molecule has 1 saturated heterocycles. The summed E-state index contributed by atoms with van der Waals surface area (Å²) in [4.78, 5) is 65.3. The minimum absolute atomic E-state index is 0.0412. The van der Waals surface area contributed by atoms with Crippen LogP contribution in [-0.2, 0) is 30.8 Å². The molecule has 3 aliphatic heterocycles. The first-order chi connectivity index (χ1) is 27.6. The third-order valence-electron chi connectivity index (χ3n) is 14.5. The van der Waals surface area contributed by atoms with Crippen LogP contribution in [0.1, 0.15) is 127 Å². The molecule has 1 aromatic heterocycles. The van der Waals surface area contributed by atoms with E-state index >= 15 is 4.79 Å². The van der Waals surface area contributed by atoms with Crippen LogP contribution in [-0.4, -0.2) is 99.3 Å². The molecule has 4 heterocycles. The molecule has 7 aliphatic rings. The van der Waals surface area contributed by atoms with Gasteiger partial charge in [-0.1, -0.05) is 25.0 Å². The molecule has 1 aromatic carbocycles. The van der Waals surface area contributed by atoms with E-state index in [1.807, 2.05) is 37.3 Å². The van der Waals surface area contributed by atoms with Gasteiger partial charge in [0.05, 0.1) is 29.6 Å². The Kier molecular flexibility index (Phi) is 9.32. The van der Waals surface area contributed by atoms with Gasteiger partial charge in [0, 0.05) is 34.7 Å². The van der Waals surface area contributed by atoms with E-state index in [0.717, 1.165) is 54.3 Å². The zero-order valence-corrected chi connectivity index (χ0v) is 34.5. The maximum atomic E-state index is 15.2. The lowest BCUT2D eigenvalue weighted by Gasteiger charge is -2.50. The zero-order valence-electron chi connectivity index (χ0n) is 33.7. The van der Waals surface area contributed by atoms with Gasteiger partial charge in [0.1, 0.15) is 34.7 Å². The summed E-state index contributed by atoms with van der Waals surface area (Å²) in [5, 5.41) is 14.6. The Morgan fingerprint density at radius 2 is 1.81 bits per heavy atom. The van der Waals surface area contributed by atoms with E-state index in [4.69, 9.17) is 14.5 Å². The summed E-state index contributed by atoms with van der Waals surface area (Å²) >= 11 is 0. The van der Waals surface area contributed by atoms with E-state index in [1.165, 1.54) is 9.80 Å². The molecule has 15 heteroatoms. The van der Waals surface area contributed by atoms with Gasteiger partial charge in [-0.2, -0.15) is 0 Å². The summed E-state index contributed by atoms with van der Waals surface area (Å²) in [6.45, 7) is 3.54. The van der Waals surface area contributed by atoms with Crippen LogP contribution in [0.25, 0.3) is 10.9 Å². The van der Waals surface area contributed by atoms with E-state index in [9.17, 15) is 27.9 Å². The number of fused-ring (bicyclic) bond motifs is 5. The first-order valence-electron chi connectivity index (χ1n) is 21.2. The Balaban J connectivity index is 1.10. The van der Waals surface area contributed by atoms with Crippen molar-refractivity contribution < 1.29 is 42.2 Å². The maximum absolute atomic E-state index is 15.2. The van der Waals surface area contributed by atoms with Crippen molar-refractivity contribution in [1.82, 2.24) is 24.8 Å². The lowest BCUT2D eigenvalue weighted by atomic mass is 9.76. The predicted octanol–water partition coefficient (Wildman–Crippen LogP) is 5.47. The molecule has 5 fully saturated rings. The summed E-state index contributed by atoms with van der Waals surface area (Å²) in [7, 11) is -2.38. The summed E-state index contributed by atoms with van der Waals surface area (Å²) < 4.78 is 40.6. The molecule has 4 saturated carbocycles. The van der Waals surface area contributed by atoms with Crippen LogP contribution in [0.3, 0.4) is 0 Å². The number of aromatic nitrogens is 1. The van der Waals surface area contributed by atoms with Crippen LogP contribution in [0.15, 0.2) is 30.4 Å². The van der Waals surface area contributed by atoms with Crippen LogP contribution in [0.5, 0.6) is 11.5 Å². The molecule has 312 valence electrons. The molecule has 58 heavy (non-hydrogen) atoms. The molecule has 9 rings (SSSR count). The quantitative estimate of drug-likeness (QED) is 0.303. The third-order valence-corrected chi connectivity index (χ3v) is 16.7. The van der Waals surface area contributed by atoms with Crippen molar-refractivity contribution in [2.45, 2.75) is 156 Å². The molecule has 4 amide bonds. The fourth-order valence-electron chi connectivity index (χ4n) is 10.1. The molecule has 2 aromatic rings. The highest BCUT2D eigenvalue weighted by atomic mass is 32.2. The molecule has 3 N–H and O–H groups in total. The molecule has 0 radical (unpaired) electrons. The standard InChI is InChI=1S/C43H55N5O9S/c1-40(17-9-18-40)48(39(52)53)32-11-8-6-4-5-7-10-27-23-43(27,38(51)46-58(54,55)41(2)20-21-41)45-36(49)33-24-42(25-47(33)37(32)50)19-16-29-30-22-28(56-3)14-15-31(30)44-34(26-12-13-26)35(29)57-42/h7,10,14-15,22,26-27,32-33H,4-6,8-9,11-13,16-21,23-25H2,1-3H3,(H,45,49)(H,46,51)(H,52,53)/b10-7-/t27-,32+,33+,42-,43-/m1/s1. The lowest BCUT2D eigenvalue weighted by molar-refractivity contribution is -0.146. The number of benzene rings is 1. The number of carboxylic acid groups (broad SMARTS) is 1. The van der Waals surface area contributed by atoms with Crippen LogP contribution >= 0.6 is 0 Å². The topological polar surface area (TPSA) is 185 Å². The number of carbonyl (C=O) groups is 4. The summed E-state index contributed by atoms with van der Waals surface area (Å²) in [5.74, 6) is -0.647. The first-order valence-corrected chi connectivity index (χ1v) is 22.7. The van der Waals surface area contributed by atoms with Crippen LogP contribution < -0.4 is 19.5 Å². The number of nitrogens with zero attached hydrogens (tertiary/aromatic N) is 3. The molecule has 14 nitrogen and oxygen atoms in total. The van der Waals surface area contributed by atoms with Crippen molar-refractivity contribution in [1.29, 1.82) is 0 Å². The molecule has 4 aliphatic carbocycles. The second kappa shape index (κ2) is 13.8. The van der Waals surface area contributed by atoms with E-state index in [1.54, 1.807) is 14.0 Å². The number of carbonyl (C=O) groups excluding carboxylic acids is 3. The number of rotatable bonds is 7. The zero-order chi connectivity index (χ0) is 40.8. The normalized spacial score (nSPS) is 31.8. The fourth-order valence-corrected chi connectivity index (χ4v) is 11.4. The predicted molar refractivity (Wildman–Crippen MR) is 214 cm³/mol. The van der Waals surface area contributed by atoms with Crippen molar-refractivity contribution in [3.05, 3.63) is 41.6 Å². The highest BCUT2D eigenvalue weighted by Crippen LogP contribution is 2.52. The number of pyridine rings is 1. The average Bonchev–Trinajstić information content (AvgIpc) is 4.11. The Morgan fingerprint density at radius 3 is 2.48 bits per heavy atom. The van der Waals surface area contributed by atoms with Gasteiger partial charge in [-0.15, -0.1) is 0 Å². The molecule has 1 spiro atoms. The van der Waals surface area contributed by atoms with Crippen molar-refractivity contribution in [2.24, 2.45) is 5.92 Å². The number of methoxy groups -OCH3 is 1. The van der Waals surface area contributed by atoms with Gasteiger partial charge in [-0.05, 0) is 116 Å². The van der Waals surface area contributed by atoms with Crippen LogP contribution in [0, 0.1) is 5.92 Å². The van der Waals surface area contributed by atoms with E-state index in [2.05, 4.69) is 10.0 Å². The number of nitrogens with one attached hydrogen (secondary N) is 2. The minimum atomic E-state index is -4.00. The largest absolute Gasteiger partial charge is 0.497 e. The Hall–Kier alpha value is -4.40. The molecule has 0 unspecified atom stereocenters. The Bertz CT molecular complexity index is 2220. The van der Waals surface area contributed by atoms with Crippen molar-refractivity contribution in [3.8, 4) is 11.5 Å². The summed E-state index contributed by atoms with van der Waals surface area (Å²) in [5.41, 5.74) is -0.511. The molecular formula is C43H55N5O9S. The molecular weight excluding hydrogens is 763 g/mol.